The molecule has 0 radical (unpaired) electrons. The summed E-state index contributed by atoms with van der Waals surface area (Å²) in [6, 6.07) is 0.479. The zero-order valence-electron chi connectivity index (χ0n) is 9.09. The Bertz CT molecular complexity index is 152. The number of hydrogen-bond donors (Lipinski definition) is 0. The van der Waals surface area contributed by atoms with Crippen LogP contribution in [-0.4, -0.2) is 29.8 Å². The van der Waals surface area contributed by atoms with E-state index in [2.05, 4.69) is 18.7 Å². The van der Waals surface area contributed by atoms with Gasteiger partial charge in [0.25, 0.3) is 0 Å². The number of carbonyl (C=O) groups is 1. The SMILES string of the molecule is CC(C)C(=O)C(C)N(C)C(C)C. The topological polar surface area (TPSA) is 20.3 Å². The van der Waals surface area contributed by atoms with E-state index in [-0.39, 0.29) is 12.0 Å². The molecule has 0 bridgehead atoms. The van der Waals surface area contributed by atoms with Gasteiger partial charge in [0, 0.05) is 12.0 Å². The van der Waals surface area contributed by atoms with Crippen LogP contribution in [0.15, 0.2) is 0 Å². The van der Waals surface area contributed by atoms with Gasteiger partial charge in [-0.2, -0.15) is 0 Å². The van der Waals surface area contributed by atoms with Gasteiger partial charge in [-0.25, -0.2) is 0 Å². The summed E-state index contributed by atoms with van der Waals surface area (Å²) < 4.78 is 0. The maximum absolute atomic E-state index is 11.5. The van der Waals surface area contributed by atoms with Gasteiger partial charge in [-0.1, -0.05) is 13.8 Å². The lowest BCUT2D eigenvalue weighted by molar-refractivity contribution is -0.126. The molecular weight excluding hydrogens is 150 g/mol. The van der Waals surface area contributed by atoms with Crippen LogP contribution >= 0.6 is 0 Å². The summed E-state index contributed by atoms with van der Waals surface area (Å²) >= 11 is 0. The summed E-state index contributed by atoms with van der Waals surface area (Å²) in [7, 11) is 2.00. The molecule has 0 aromatic carbocycles. The highest BCUT2D eigenvalue weighted by atomic mass is 16.1. The van der Waals surface area contributed by atoms with Crippen LogP contribution in [0.5, 0.6) is 0 Å². The van der Waals surface area contributed by atoms with Gasteiger partial charge in [0.1, 0.15) is 0 Å². The van der Waals surface area contributed by atoms with Crippen molar-refractivity contribution in [1.82, 2.24) is 4.90 Å². The monoisotopic (exact) mass is 171 g/mol. The van der Waals surface area contributed by atoms with E-state index < -0.39 is 0 Å². The van der Waals surface area contributed by atoms with E-state index in [9.17, 15) is 4.79 Å². The van der Waals surface area contributed by atoms with Crippen molar-refractivity contribution >= 4 is 5.78 Å². The highest BCUT2D eigenvalue weighted by Crippen LogP contribution is 2.07. The molecule has 0 N–H and O–H groups in total. The van der Waals surface area contributed by atoms with Crippen LogP contribution in [0.1, 0.15) is 34.6 Å². The number of Topliss-reactive ketones (excluding diaryl/α,β-unsaturated/α-hetero) is 1. The van der Waals surface area contributed by atoms with Gasteiger partial charge < -0.3 is 0 Å². The molecular formula is C10H21NO. The van der Waals surface area contributed by atoms with E-state index in [4.69, 9.17) is 0 Å². The van der Waals surface area contributed by atoms with E-state index >= 15 is 0 Å². The largest absolute Gasteiger partial charge is 0.298 e. The Kier molecular flexibility index (Phi) is 4.46. The standard InChI is InChI=1S/C10H21NO/c1-7(2)10(12)9(5)11(6)8(3)4/h7-9H,1-6H3. The lowest BCUT2D eigenvalue weighted by Gasteiger charge is -2.28. The van der Waals surface area contributed by atoms with Gasteiger partial charge in [-0.3, -0.25) is 9.69 Å². The molecule has 0 heterocycles. The fraction of sp³-hybridized carbons (Fsp3) is 0.900. The maximum atomic E-state index is 11.5. The van der Waals surface area contributed by atoms with Crippen molar-refractivity contribution in [1.29, 1.82) is 0 Å². The third-order valence-corrected chi connectivity index (χ3v) is 2.41. The quantitative estimate of drug-likeness (QED) is 0.644. The molecule has 2 heteroatoms. The van der Waals surface area contributed by atoms with Crippen molar-refractivity contribution < 1.29 is 4.79 Å². The Hall–Kier alpha value is -0.370. The fourth-order valence-electron chi connectivity index (χ4n) is 1.13. The zero-order valence-corrected chi connectivity index (χ0v) is 9.09. The molecule has 0 fully saturated rings. The van der Waals surface area contributed by atoms with Gasteiger partial charge in [0.15, 0.2) is 5.78 Å². The number of carbonyl (C=O) groups excluding carboxylic acids is 1. The predicted molar refractivity (Wildman–Crippen MR) is 52.2 cm³/mol. The summed E-state index contributed by atoms with van der Waals surface area (Å²) in [4.78, 5) is 13.6. The van der Waals surface area contributed by atoms with E-state index in [1.165, 1.54) is 0 Å². The van der Waals surface area contributed by atoms with Crippen LogP contribution in [0, 0.1) is 5.92 Å². The van der Waals surface area contributed by atoms with Gasteiger partial charge in [0.2, 0.25) is 0 Å². The normalized spacial score (nSPS) is 14.4. The Balaban J connectivity index is 4.19. The summed E-state index contributed by atoms with van der Waals surface area (Å²) in [6.45, 7) is 10.1. The first kappa shape index (κ1) is 11.6. The van der Waals surface area contributed by atoms with Gasteiger partial charge >= 0.3 is 0 Å². The minimum absolute atomic E-state index is 0.0463. The summed E-state index contributed by atoms with van der Waals surface area (Å²) in [6.07, 6.45) is 0. The molecule has 72 valence electrons. The molecule has 0 saturated heterocycles. The Morgan fingerprint density at radius 3 is 1.75 bits per heavy atom. The van der Waals surface area contributed by atoms with Crippen LogP contribution in [0.2, 0.25) is 0 Å². The molecule has 0 aromatic rings. The molecule has 0 spiro atoms. The fourth-order valence-corrected chi connectivity index (χ4v) is 1.13. The smallest absolute Gasteiger partial charge is 0.152 e. The Morgan fingerprint density at radius 1 is 1.08 bits per heavy atom. The second-order valence-electron chi connectivity index (χ2n) is 3.99. The van der Waals surface area contributed by atoms with E-state index in [0.717, 1.165) is 0 Å². The highest BCUT2D eigenvalue weighted by Gasteiger charge is 2.21. The molecule has 0 saturated carbocycles. The highest BCUT2D eigenvalue weighted by molar-refractivity contribution is 5.85. The number of hydrogen-bond acceptors (Lipinski definition) is 2. The third kappa shape index (κ3) is 2.94. The third-order valence-electron chi connectivity index (χ3n) is 2.41. The molecule has 0 aliphatic heterocycles. The van der Waals surface area contributed by atoms with Crippen LogP contribution in [-0.2, 0) is 4.79 Å². The van der Waals surface area contributed by atoms with Crippen molar-refractivity contribution in [2.75, 3.05) is 7.05 Å². The molecule has 1 unspecified atom stereocenters. The molecule has 0 aliphatic carbocycles. The van der Waals surface area contributed by atoms with Gasteiger partial charge in [-0.05, 0) is 27.8 Å². The van der Waals surface area contributed by atoms with Crippen LogP contribution in [0.4, 0.5) is 0 Å². The van der Waals surface area contributed by atoms with E-state index in [1.807, 2.05) is 27.8 Å². The molecule has 2 nitrogen and oxygen atoms in total. The van der Waals surface area contributed by atoms with Crippen molar-refractivity contribution in [3.63, 3.8) is 0 Å². The molecule has 0 aromatic heterocycles. The first-order chi connectivity index (χ1) is 5.37. The van der Waals surface area contributed by atoms with E-state index in [1.54, 1.807) is 0 Å². The average Bonchev–Trinajstić information content (AvgIpc) is 2.00. The van der Waals surface area contributed by atoms with Gasteiger partial charge in [-0.15, -0.1) is 0 Å². The summed E-state index contributed by atoms with van der Waals surface area (Å²) in [5, 5.41) is 0. The maximum Gasteiger partial charge on any atom is 0.152 e. The second kappa shape index (κ2) is 4.61. The lowest BCUT2D eigenvalue weighted by atomic mass is 10.0. The molecule has 0 aliphatic rings. The lowest BCUT2D eigenvalue weighted by Crippen LogP contribution is -2.42. The summed E-state index contributed by atoms with van der Waals surface area (Å²) in [5.74, 6) is 0.465. The van der Waals surface area contributed by atoms with Crippen molar-refractivity contribution in [3.05, 3.63) is 0 Å². The Labute approximate surface area is 75.9 Å². The Morgan fingerprint density at radius 2 is 1.50 bits per heavy atom. The first-order valence-corrected chi connectivity index (χ1v) is 4.63. The van der Waals surface area contributed by atoms with Crippen molar-refractivity contribution in [2.45, 2.75) is 46.7 Å². The number of nitrogens with zero attached hydrogens (tertiary/aromatic N) is 1. The van der Waals surface area contributed by atoms with Crippen LogP contribution < -0.4 is 0 Å². The molecule has 1 atom stereocenters. The minimum atomic E-state index is 0.0463. The van der Waals surface area contributed by atoms with Crippen molar-refractivity contribution in [3.8, 4) is 0 Å². The average molecular weight is 171 g/mol. The summed E-state index contributed by atoms with van der Waals surface area (Å²) in [5.41, 5.74) is 0. The minimum Gasteiger partial charge on any atom is -0.298 e. The number of likely N-dealkylation sites (N-methyl/N-ethyl adjacent to an activating group) is 1. The van der Waals surface area contributed by atoms with E-state index in [0.29, 0.717) is 11.8 Å². The zero-order chi connectivity index (χ0) is 9.89. The second-order valence-corrected chi connectivity index (χ2v) is 3.99. The number of rotatable bonds is 4. The van der Waals surface area contributed by atoms with Crippen molar-refractivity contribution in [2.24, 2.45) is 5.92 Å². The van der Waals surface area contributed by atoms with Crippen LogP contribution in [0.25, 0.3) is 0 Å². The van der Waals surface area contributed by atoms with Gasteiger partial charge in [0.05, 0.1) is 6.04 Å². The molecule has 0 amide bonds. The molecule has 0 rings (SSSR count). The first-order valence-electron chi connectivity index (χ1n) is 4.63. The molecule has 12 heavy (non-hydrogen) atoms. The number of ketones is 1. The predicted octanol–water partition coefficient (Wildman–Crippen LogP) is 1.94. The van der Waals surface area contributed by atoms with Crippen LogP contribution in [0.3, 0.4) is 0 Å².